The van der Waals surface area contributed by atoms with E-state index in [4.69, 9.17) is 0 Å². The van der Waals surface area contributed by atoms with Crippen molar-refractivity contribution >= 4 is 5.82 Å². The minimum Gasteiger partial charge on any atom is -0.355 e. The molecule has 0 aliphatic carbocycles. The monoisotopic (exact) mass is 217 g/mol. The number of hydrogen-bond donors (Lipinski definition) is 1. The van der Waals surface area contributed by atoms with E-state index in [1.165, 1.54) is 31.7 Å². The average molecular weight is 217 g/mol. The maximum absolute atomic E-state index is 4.55. The normalized spacial score (nSPS) is 22.1. The first-order chi connectivity index (χ1) is 7.69. The molecule has 3 heteroatoms. The molecule has 0 aromatic carbocycles. The van der Waals surface area contributed by atoms with Gasteiger partial charge in [0, 0.05) is 37.8 Å². The molecule has 0 unspecified atom stereocenters. The SMILES string of the molecule is CC(C)c1ccc(N2CC3(CNC3)C2)nc1. The molecule has 3 rings (SSSR count). The Morgan fingerprint density at radius 1 is 1.31 bits per heavy atom. The maximum Gasteiger partial charge on any atom is 0.128 e. The second-order valence-electron chi connectivity index (χ2n) is 5.56. The average Bonchev–Trinajstić information content (AvgIpc) is 2.14. The lowest BCUT2D eigenvalue weighted by Gasteiger charge is -2.56. The molecule has 1 aromatic rings. The highest BCUT2D eigenvalue weighted by molar-refractivity contribution is 5.45. The minimum atomic E-state index is 0.570. The van der Waals surface area contributed by atoms with Crippen molar-refractivity contribution in [2.24, 2.45) is 5.41 Å². The summed E-state index contributed by atoms with van der Waals surface area (Å²) in [5.74, 6) is 1.71. The van der Waals surface area contributed by atoms with Gasteiger partial charge in [-0.25, -0.2) is 4.98 Å². The molecule has 1 spiro atoms. The van der Waals surface area contributed by atoms with Gasteiger partial charge in [0.15, 0.2) is 0 Å². The van der Waals surface area contributed by atoms with Crippen molar-refractivity contribution in [1.29, 1.82) is 0 Å². The van der Waals surface area contributed by atoms with E-state index in [9.17, 15) is 0 Å². The molecule has 2 saturated heterocycles. The summed E-state index contributed by atoms with van der Waals surface area (Å²) in [6, 6.07) is 4.37. The van der Waals surface area contributed by atoms with Crippen LogP contribution in [0.3, 0.4) is 0 Å². The van der Waals surface area contributed by atoms with Crippen molar-refractivity contribution < 1.29 is 0 Å². The summed E-state index contributed by atoms with van der Waals surface area (Å²) in [6.07, 6.45) is 2.02. The summed E-state index contributed by atoms with van der Waals surface area (Å²) in [5, 5.41) is 3.35. The van der Waals surface area contributed by atoms with Crippen molar-refractivity contribution in [2.75, 3.05) is 31.1 Å². The molecule has 0 amide bonds. The number of anilines is 1. The number of nitrogens with zero attached hydrogens (tertiary/aromatic N) is 2. The third-order valence-corrected chi connectivity index (χ3v) is 3.81. The molecule has 3 heterocycles. The Morgan fingerprint density at radius 2 is 2.06 bits per heavy atom. The lowest BCUT2D eigenvalue weighted by Crippen LogP contribution is -2.71. The fourth-order valence-corrected chi connectivity index (χ4v) is 2.55. The van der Waals surface area contributed by atoms with Gasteiger partial charge in [0.25, 0.3) is 0 Å². The van der Waals surface area contributed by atoms with Gasteiger partial charge in [0.2, 0.25) is 0 Å². The Balaban J connectivity index is 1.67. The molecule has 0 saturated carbocycles. The molecule has 2 aliphatic rings. The first-order valence-electron chi connectivity index (χ1n) is 6.10. The van der Waals surface area contributed by atoms with Gasteiger partial charge in [-0.05, 0) is 17.5 Å². The predicted molar refractivity (Wildman–Crippen MR) is 65.8 cm³/mol. The smallest absolute Gasteiger partial charge is 0.128 e. The number of nitrogens with one attached hydrogen (secondary N) is 1. The van der Waals surface area contributed by atoms with E-state index in [-0.39, 0.29) is 0 Å². The van der Waals surface area contributed by atoms with E-state index in [0.717, 1.165) is 5.82 Å². The number of rotatable bonds is 2. The van der Waals surface area contributed by atoms with Crippen LogP contribution in [0.2, 0.25) is 0 Å². The highest BCUT2D eigenvalue weighted by atomic mass is 15.3. The summed E-state index contributed by atoms with van der Waals surface area (Å²) in [4.78, 5) is 6.93. The second kappa shape index (κ2) is 3.45. The van der Waals surface area contributed by atoms with Gasteiger partial charge in [-0.1, -0.05) is 19.9 Å². The number of pyridine rings is 1. The van der Waals surface area contributed by atoms with Gasteiger partial charge in [0.05, 0.1) is 0 Å². The third kappa shape index (κ3) is 1.50. The predicted octanol–water partition coefficient (Wildman–Crippen LogP) is 1.61. The van der Waals surface area contributed by atoms with Crippen molar-refractivity contribution in [1.82, 2.24) is 10.3 Å². The van der Waals surface area contributed by atoms with Gasteiger partial charge >= 0.3 is 0 Å². The molecule has 86 valence electrons. The standard InChI is InChI=1S/C13H19N3/c1-10(2)11-3-4-12(15-5-11)16-8-13(9-16)6-14-7-13/h3-5,10,14H,6-9H2,1-2H3. The van der Waals surface area contributed by atoms with Crippen LogP contribution in [-0.2, 0) is 0 Å². The van der Waals surface area contributed by atoms with Crippen LogP contribution in [0.4, 0.5) is 5.82 Å². The van der Waals surface area contributed by atoms with Crippen LogP contribution in [0.15, 0.2) is 18.3 Å². The van der Waals surface area contributed by atoms with Gasteiger partial charge < -0.3 is 10.2 Å². The fourth-order valence-electron chi connectivity index (χ4n) is 2.55. The fraction of sp³-hybridized carbons (Fsp3) is 0.615. The summed E-state index contributed by atoms with van der Waals surface area (Å²) in [7, 11) is 0. The lowest BCUT2D eigenvalue weighted by molar-refractivity contribution is 0.120. The molecule has 0 bridgehead atoms. The topological polar surface area (TPSA) is 28.2 Å². The molecule has 2 fully saturated rings. The third-order valence-electron chi connectivity index (χ3n) is 3.81. The summed E-state index contributed by atoms with van der Waals surface area (Å²) in [6.45, 7) is 9.13. The molecular formula is C13H19N3. The van der Waals surface area contributed by atoms with Crippen LogP contribution in [0.5, 0.6) is 0 Å². The van der Waals surface area contributed by atoms with E-state index >= 15 is 0 Å². The molecule has 0 radical (unpaired) electrons. The Kier molecular flexibility index (Phi) is 2.18. The van der Waals surface area contributed by atoms with E-state index < -0.39 is 0 Å². The van der Waals surface area contributed by atoms with Crippen LogP contribution < -0.4 is 10.2 Å². The molecule has 0 atom stereocenters. The second-order valence-corrected chi connectivity index (χ2v) is 5.56. The Morgan fingerprint density at radius 3 is 2.50 bits per heavy atom. The van der Waals surface area contributed by atoms with Crippen LogP contribution in [0.1, 0.15) is 25.3 Å². The molecule has 1 N–H and O–H groups in total. The van der Waals surface area contributed by atoms with E-state index in [0.29, 0.717) is 11.3 Å². The zero-order valence-corrected chi connectivity index (χ0v) is 10.0. The van der Waals surface area contributed by atoms with Crippen molar-refractivity contribution in [3.63, 3.8) is 0 Å². The maximum atomic E-state index is 4.55. The first kappa shape index (κ1) is 10.1. The summed E-state index contributed by atoms with van der Waals surface area (Å²) < 4.78 is 0. The largest absolute Gasteiger partial charge is 0.355 e. The molecule has 16 heavy (non-hydrogen) atoms. The van der Waals surface area contributed by atoms with Crippen molar-refractivity contribution in [2.45, 2.75) is 19.8 Å². The van der Waals surface area contributed by atoms with Crippen LogP contribution in [-0.4, -0.2) is 31.2 Å². The lowest BCUT2D eigenvalue weighted by atomic mass is 9.74. The Bertz CT molecular complexity index is 371. The number of aromatic nitrogens is 1. The van der Waals surface area contributed by atoms with E-state index in [1.807, 2.05) is 6.20 Å². The zero-order valence-electron chi connectivity index (χ0n) is 10.0. The molecule has 2 aliphatic heterocycles. The van der Waals surface area contributed by atoms with Crippen molar-refractivity contribution in [3.8, 4) is 0 Å². The minimum absolute atomic E-state index is 0.570. The molecule has 1 aromatic heterocycles. The Labute approximate surface area is 96.9 Å². The summed E-state index contributed by atoms with van der Waals surface area (Å²) >= 11 is 0. The van der Waals surface area contributed by atoms with Gasteiger partial charge in [-0.2, -0.15) is 0 Å². The quantitative estimate of drug-likeness (QED) is 0.816. The highest BCUT2D eigenvalue weighted by Crippen LogP contribution is 2.36. The molecular weight excluding hydrogens is 198 g/mol. The van der Waals surface area contributed by atoms with Gasteiger partial charge in [-0.3, -0.25) is 0 Å². The van der Waals surface area contributed by atoms with E-state index in [2.05, 4.69) is 41.2 Å². The van der Waals surface area contributed by atoms with Crippen LogP contribution in [0.25, 0.3) is 0 Å². The first-order valence-corrected chi connectivity index (χ1v) is 6.10. The molecule has 3 nitrogen and oxygen atoms in total. The number of hydrogen-bond acceptors (Lipinski definition) is 3. The van der Waals surface area contributed by atoms with Crippen LogP contribution >= 0.6 is 0 Å². The van der Waals surface area contributed by atoms with Gasteiger partial charge in [-0.15, -0.1) is 0 Å². The summed E-state index contributed by atoms with van der Waals surface area (Å²) in [5.41, 5.74) is 1.91. The van der Waals surface area contributed by atoms with Crippen LogP contribution in [0, 0.1) is 5.41 Å². The Hall–Kier alpha value is -1.09. The van der Waals surface area contributed by atoms with Gasteiger partial charge in [0.1, 0.15) is 5.82 Å². The van der Waals surface area contributed by atoms with E-state index in [1.54, 1.807) is 0 Å². The zero-order chi connectivity index (χ0) is 11.2. The van der Waals surface area contributed by atoms with Crippen molar-refractivity contribution in [3.05, 3.63) is 23.9 Å². The highest BCUT2D eigenvalue weighted by Gasteiger charge is 2.47.